The second-order valence-electron chi connectivity index (χ2n) is 9.90. The molecule has 2 nitrogen and oxygen atoms in total. The Kier molecular flexibility index (Phi) is 6.59. The maximum absolute atomic E-state index is 4.69. The summed E-state index contributed by atoms with van der Waals surface area (Å²) in [5.41, 5.74) is 5.72. The standard InChI is InChI=1S/C20H16GeN.C12H10N.Ir/c1-12-10-15-13-7-5-9-22-20(13)14-6-4-8-16-18(14)19(15)17(11-12)21(16,2)3;1-10-7-8-13-12(9-10)11-5-3-2-4-6-11;/h4-5,7-11H,1-3H3;2-5,7-9H,1H3;/q2*-1;. The van der Waals surface area contributed by atoms with Crippen molar-refractivity contribution in [2.75, 3.05) is 0 Å². The van der Waals surface area contributed by atoms with Gasteiger partial charge >= 0.3 is 132 Å². The number of rotatable bonds is 1. The third-order valence-electron chi connectivity index (χ3n) is 7.11. The first kappa shape index (κ1) is 24.8. The van der Waals surface area contributed by atoms with E-state index in [4.69, 9.17) is 4.98 Å². The summed E-state index contributed by atoms with van der Waals surface area (Å²) in [6.45, 7) is 4.28. The van der Waals surface area contributed by atoms with Crippen molar-refractivity contribution >= 4 is 54.5 Å². The van der Waals surface area contributed by atoms with Crippen LogP contribution in [0.4, 0.5) is 0 Å². The van der Waals surface area contributed by atoms with Crippen LogP contribution in [0.1, 0.15) is 11.1 Å². The second kappa shape index (κ2) is 9.55. The SMILES string of the molecule is Cc1c[c]2c3c(c1)c1cccnc1c1[c-]cc[c](c13)[Ge]2([CH3])[CH3].Cc1ccnc(-c2[c-]cccc2)c1.[Ir]. The number of aromatic nitrogens is 2. The molecule has 6 aromatic rings. The average molecular weight is 703 g/mol. The molecule has 4 heteroatoms. The maximum Gasteiger partial charge on any atom is 0.0163 e. The minimum atomic E-state index is -2.20. The summed E-state index contributed by atoms with van der Waals surface area (Å²) in [7, 11) is 0. The third-order valence-corrected chi connectivity index (χ3v) is 14.5. The van der Waals surface area contributed by atoms with E-state index in [-0.39, 0.29) is 20.1 Å². The number of fused-ring (bicyclic) bond motifs is 3. The Morgan fingerprint density at radius 1 is 0.694 bits per heavy atom. The predicted molar refractivity (Wildman–Crippen MR) is 150 cm³/mol. The topological polar surface area (TPSA) is 25.8 Å². The summed E-state index contributed by atoms with van der Waals surface area (Å²) >= 11 is -2.20. The molecule has 0 N–H and O–H groups in total. The first-order valence-corrected chi connectivity index (χ1v) is 18.3. The molecule has 36 heavy (non-hydrogen) atoms. The number of pyridine rings is 2. The molecule has 0 aliphatic carbocycles. The van der Waals surface area contributed by atoms with E-state index in [0.717, 1.165) is 16.8 Å². The second-order valence-corrected chi connectivity index (χ2v) is 19.0. The van der Waals surface area contributed by atoms with Crippen LogP contribution in [0.5, 0.6) is 0 Å². The normalized spacial score (nSPS) is 13.0. The first-order valence-electron chi connectivity index (χ1n) is 12.0. The van der Waals surface area contributed by atoms with Crippen molar-refractivity contribution in [3.8, 4) is 11.3 Å². The van der Waals surface area contributed by atoms with E-state index in [1.54, 1.807) is 8.79 Å². The summed E-state index contributed by atoms with van der Waals surface area (Å²) in [6, 6.07) is 32.0. The van der Waals surface area contributed by atoms with Crippen LogP contribution in [-0.4, -0.2) is 23.2 Å². The number of benzene rings is 4. The molecule has 2 aromatic heterocycles. The Morgan fingerprint density at radius 2 is 1.56 bits per heavy atom. The van der Waals surface area contributed by atoms with Crippen molar-refractivity contribution < 1.29 is 20.1 Å². The van der Waals surface area contributed by atoms with Gasteiger partial charge in [-0.25, -0.2) is 0 Å². The van der Waals surface area contributed by atoms with E-state index in [1.165, 1.54) is 38.1 Å². The molecule has 0 bridgehead atoms. The predicted octanol–water partition coefficient (Wildman–Crippen LogP) is 6.64. The van der Waals surface area contributed by atoms with Gasteiger partial charge in [-0.2, -0.15) is 0 Å². The van der Waals surface area contributed by atoms with Crippen LogP contribution >= 0.6 is 0 Å². The van der Waals surface area contributed by atoms with Gasteiger partial charge in [0.2, 0.25) is 0 Å². The van der Waals surface area contributed by atoms with Crippen LogP contribution in [0.3, 0.4) is 0 Å². The molecule has 0 saturated carbocycles. The van der Waals surface area contributed by atoms with Crippen molar-refractivity contribution in [3.05, 3.63) is 108 Å². The monoisotopic (exact) mass is 705 g/mol. The zero-order chi connectivity index (χ0) is 24.2. The van der Waals surface area contributed by atoms with Crippen molar-refractivity contribution in [3.63, 3.8) is 0 Å². The molecule has 4 aromatic carbocycles. The molecule has 0 fully saturated rings. The maximum atomic E-state index is 4.69. The zero-order valence-electron chi connectivity index (χ0n) is 20.8. The molecule has 3 heterocycles. The van der Waals surface area contributed by atoms with Gasteiger partial charge in [-0.3, -0.25) is 0 Å². The Morgan fingerprint density at radius 3 is 2.33 bits per heavy atom. The van der Waals surface area contributed by atoms with Gasteiger partial charge in [0, 0.05) is 26.3 Å². The number of nitrogens with zero attached hydrogens (tertiary/aromatic N) is 2. The third kappa shape index (κ3) is 4.00. The fraction of sp³-hybridized carbons (Fsp3) is 0.125. The molecule has 1 radical (unpaired) electrons. The average Bonchev–Trinajstić information content (AvgIpc) is 3.11. The number of hydrogen-bond acceptors (Lipinski definition) is 2. The van der Waals surface area contributed by atoms with Crippen molar-refractivity contribution in [1.82, 2.24) is 9.97 Å². The van der Waals surface area contributed by atoms with E-state index in [1.807, 2.05) is 48.8 Å². The van der Waals surface area contributed by atoms with Gasteiger partial charge in [-0.1, -0.05) is 11.6 Å². The molecule has 1 aliphatic rings. The van der Waals surface area contributed by atoms with Gasteiger partial charge in [0.25, 0.3) is 0 Å². The van der Waals surface area contributed by atoms with Crippen molar-refractivity contribution in [1.29, 1.82) is 0 Å². The van der Waals surface area contributed by atoms with E-state index in [0.29, 0.717) is 0 Å². The zero-order valence-corrected chi connectivity index (χ0v) is 25.3. The fourth-order valence-electron chi connectivity index (χ4n) is 5.43. The summed E-state index contributed by atoms with van der Waals surface area (Å²) in [5.74, 6) is 5.03. The molecular formula is C32H26GeIrN2-2. The molecule has 179 valence electrons. The molecular weight excluding hydrogens is 677 g/mol. The summed E-state index contributed by atoms with van der Waals surface area (Å²) in [5, 5.41) is 6.77. The summed E-state index contributed by atoms with van der Waals surface area (Å²) in [4.78, 5) is 8.97. The number of hydrogen-bond donors (Lipinski definition) is 0. The van der Waals surface area contributed by atoms with Crippen LogP contribution in [0.25, 0.3) is 43.7 Å². The van der Waals surface area contributed by atoms with Crippen LogP contribution in [0.15, 0.2) is 85.2 Å². The van der Waals surface area contributed by atoms with Gasteiger partial charge in [0.15, 0.2) is 0 Å². The van der Waals surface area contributed by atoms with Crippen LogP contribution < -0.4 is 8.79 Å². The quantitative estimate of drug-likeness (QED) is 0.109. The van der Waals surface area contributed by atoms with Gasteiger partial charge in [-0.15, -0.1) is 35.9 Å². The van der Waals surface area contributed by atoms with Gasteiger partial charge in [-0.05, 0) is 18.7 Å². The number of aryl methyl sites for hydroxylation is 2. The Hall–Kier alpha value is -2.85. The fourth-order valence-corrected chi connectivity index (χ4v) is 12.0. The Balaban J connectivity index is 0.000000164. The van der Waals surface area contributed by atoms with E-state index in [9.17, 15) is 0 Å². The smallest absolute Gasteiger partial charge is 0.0163 e. The van der Waals surface area contributed by atoms with E-state index in [2.05, 4.69) is 78.9 Å². The molecule has 0 unspecified atom stereocenters. The molecule has 0 amide bonds. The van der Waals surface area contributed by atoms with Crippen molar-refractivity contribution in [2.45, 2.75) is 25.4 Å². The van der Waals surface area contributed by atoms with Gasteiger partial charge in [0.1, 0.15) is 0 Å². The van der Waals surface area contributed by atoms with Crippen LogP contribution in [0.2, 0.25) is 11.5 Å². The molecule has 0 saturated heterocycles. The van der Waals surface area contributed by atoms with Crippen LogP contribution in [-0.2, 0) is 20.1 Å². The van der Waals surface area contributed by atoms with Gasteiger partial charge < -0.3 is 4.98 Å². The van der Waals surface area contributed by atoms with E-state index >= 15 is 0 Å². The minimum absolute atomic E-state index is 0. The Bertz CT molecular complexity index is 1740. The van der Waals surface area contributed by atoms with E-state index < -0.39 is 13.3 Å². The Labute approximate surface area is 228 Å². The van der Waals surface area contributed by atoms with Crippen molar-refractivity contribution in [2.24, 2.45) is 0 Å². The largest absolute Gasteiger partial charge is 0.305 e. The minimum Gasteiger partial charge on any atom is -0.305 e. The van der Waals surface area contributed by atoms with Gasteiger partial charge in [0.05, 0.1) is 0 Å². The summed E-state index contributed by atoms with van der Waals surface area (Å²) in [6.07, 6.45) is 3.72. The van der Waals surface area contributed by atoms with Crippen LogP contribution in [0, 0.1) is 26.0 Å². The molecule has 0 spiro atoms. The molecule has 0 atom stereocenters. The first-order chi connectivity index (χ1) is 16.9. The summed E-state index contributed by atoms with van der Waals surface area (Å²) < 4.78 is 3.22. The molecule has 7 rings (SSSR count). The molecule has 1 aliphatic heterocycles.